The topological polar surface area (TPSA) is 82.2 Å². The number of halogens is 4. The van der Waals surface area contributed by atoms with Crippen LogP contribution in [0.15, 0.2) is 42.5 Å². The number of fused-ring (bicyclic) bond motifs is 3. The standard InChI is InChI=1S/C27H23ClF3N5O2/c1-15-10-23-21(14-35(15)25(37)18-6-7-22(28)19(11-18)13-32)24-26(38)34(8-9-36(24)33-23)16(2)17-4-3-5-20(12-17)27(29,30)31/h3-7,11-12,15-16H,8-10,14H2,1-2H3/t15-,16+/m1/s1. The number of carbonyl (C=O) groups is 2. The molecule has 0 saturated heterocycles. The lowest BCUT2D eigenvalue weighted by molar-refractivity contribution is -0.137. The van der Waals surface area contributed by atoms with E-state index in [1.54, 1.807) is 33.5 Å². The number of hydrogen-bond donors (Lipinski definition) is 0. The Labute approximate surface area is 222 Å². The van der Waals surface area contributed by atoms with Gasteiger partial charge in [-0.3, -0.25) is 14.3 Å². The van der Waals surface area contributed by atoms with Gasteiger partial charge in [-0.2, -0.15) is 23.5 Å². The molecule has 3 heterocycles. The van der Waals surface area contributed by atoms with E-state index in [9.17, 15) is 28.0 Å². The number of nitrogens with zero attached hydrogens (tertiary/aromatic N) is 5. The second kappa shape index (κ2) is 9.48. The molecule has 38 heavy (non-hydrogen) atoms. The first kappa shape index (κ1) is 25.8. The Morgan fingerprint density at radius 1 is 1.21 bits per heavy atom. The zero-order chi connectivity index (χ0) is 27.4. The summed E-state index contributed by atoms with van der Waals surface area (Å²) in [6.45, 7) is 4.43. The maximum Gasteiger partial charge on any atom is 0.416 e. The van der Waals surface area contributed by atoms with Crippen molar-refractivity contribution in [1.82, 2.24) is 19.6 Å². The van der Waals surface area contributed by atoms with Gasteiger partial charge in [0.1, 0.15) is 11.8 Å². The van der Waals surface area contributed by atoms with Gasteiger partial charge < -0.3 is 9.80 Å². The summed E-state index contributed by atoms with van der Waals surface area (Å²) in [4.78, 5) is 30.3. The van der Waals surface area contributed by atoms with E-state index in [1.807, 2.05) is 13.0 Å². The number of rotatable bonds is 3. The first-order chi connectivity index (χ1) is 18.0. The average Bonchev–Trinajstić information content (AvgIpc) is 3.25. The van der Waals surface area contributed by atoms with Gasteiger partial charge in [0.15, 0.2) is 0 Å². The van der Waals surface area contributed by atoms with Gasteiger partial charge in [-0.25, -0.2) is 0 Å². The highest BCUT2D eigenvalue weighted by molar-refractivity contribution is 6.31. The number of hydrogen-bond acceptors (Lipinski definition) is 4. The highest BCUT2D eigenvalue weighted by Crippen LogP contribution is 2.35. The van der Waals surface area contributed by atoms with Crippen LogP contribution in [0.5, 0.6) is 0 Å². The third kappa shape index (κ3) is 4.41. The maximum atomic E-state index is 13.7. The highest BCUT2D eigenvalue weighted by Gasteiger charge is 2.39. The summed E-state index contributed by atoms with van der Waals surface area (Å²) in [7, 11) is 0. The summed E-state index contributed by atoms with van der Waals surface area (Å²) in [6.07, 6.45) is -4.04. The average molecular weight is 542 g/mol. The second-order valence-corrected chi connectivity index (χ2v) is 9.99. The molecule has 0 bridgehead atoms. The van der Waals surface area contributed by atoms with E-state index in [1.165, 1.54) is 18.2 Å². The van der Waals surface area contributed by atoms with Crippen LogP contribution in [0.2, 0.25) is 5.02 Å². The van der Waals surface area contributed by atoms with E-state index in [0.717, 1.165) is 17.8 Å². The van der Waals surface area contributed by atoms with E-state index < -0.39 is 17.8 Å². The molecule has 0 aliphatic carbocycles. The normalized spacial score (nSPS) is 18.0. The van der Waals surface area contributed by atoms with E-state index in [4.69, 9.17) is 11.6 Å². The predicted octanol–water partition coefficient (Wildman–Crippen LogP) is 5.23. The zero-order valence-electron chi connectivity index (χ0n) is 20.6. The quantitative estimate of drug-likeness (QED) is 0.454. The summed E-state index contributed by atoms with van der Waals surface area (Å²) in [5.74, 6) is -0.635. The van der Waals surface area contributed by atoms with Crippen molar-refractivity contribution in [3.63, 3.8) is 0 Å². The predicted molar refractivity (Wildman–Crippen MR) is 132 cm³/mol. The number of carbonyl (C=O) groups excluding carboxylic acids is 2. The highest BCUT2D eigenvalue weighted by atomic mass is 35.5. The molecule has 0 radical (unpaired) electrons. The lowest BCUT2D eigenvalue weighted by Crippen LogP contribution is -2.44. The molecule has 2 atom stereocenters. The van der Waals surface area contributed by atoms with Crippen molar-refractivity contribution in [3.8, 4) is 6.07 Å². The van der Waals surface area contributed by atoms with E-state index >= 15 is 0 Å². The number of amides is 2. The molecule has 0 N–H and O–H groups in total. The fourth-order valence-electron chi connectivity index (χ4n) is 5.14. The second-order valence-electron chi connectivity index (χ2n) is 9.59. The molecule has 2 aromatic carbocycles. The molecule has 1 aromatic heterocycles. The number of benzene rings is 2. The molecule has 5 rings (SSSR count). The van der Waals surface area contributed by atoms with Crippen molar-refractivity contribution in [2.24, 2.45) is 0 Å². The third-order valence-electron chi connectivity index (χ3n) is 7.26. The molecule has 0 unspecified atom stereocenters. The van der Waals surface area contributed by atoms with Crippen molar-refractivity contribution in [2.45, 2.75) is 51.6 Å². The van der Waals surface area contributed by atoms with Crippen LogP contribution < -0.4 is 0 Å². The van der Waals surface area contributed by atoms with Crippen molar-refractivity contribution in [1.29, 1.82) is 5.26 Å². The summed E-state index contributed by atoms with van der Waals surface area (Å²) in [6, 6.07) is 10.7. The molecule has 11 heteroatoms. The molecular formula is C27H23ClF3N5O2. The van der Waals surface area contributed by atoms with Crippen molar-refractivity contribution in [3.05, 3.63) is 86.7 Å². The van der Waals surface area contributed by atoms with Crippen LogP contribution in [0, 0.1) is 11.3 Å². The maximum absolute atomic E-state index is 13.7. The first-order valence-corrected chi connectivity index (χ1v) is 12.4. The van der Waals surface area contributed by atoms with E-state index in [-0.39, 0.29) is 35.0 Å². The molecule has 2 aliphatic heterocycles. The lowest BCUT2D eigenvalue weighted by Gasteiger charge is -2.35. The minimum atomic E-state index is -4.48. The molecule has 0 saturated carbocycles. The zero-order valence-corrected chi connectivity index (χ0v) is 21.3. The SMILES string of the molecule is C[C@@H]1Cc2nn3c(c2CN1C(=O)c1ccc(Cl)c(C#N)c1)C(=O)N([C@@H](C)c1cccc(C(F)(F)F)c1)CC3. The van der Waals surface area contributed by atoms with E-state index in [2.05, 4.69) is 5.10 Å². The van der Waals surface area contributed by atoms with Gasteiger partial charge in [0.05, 0.1) is 41.0 Å². The van der Waals surface area contributed by atoms with Gasteiger partial charge in [0.25, 0.3) is 11.8 Å². The molecule has 0 spiro atoms. The van der Waals surface area contributed by atoms with Gasteiger partial charge >= 0.3 is 6.18 Å². The fraction of sp³-hybridized carbons (Fsp3) is 0.333. The third-order valence-corrected chi connectivity index (χ3v) is 7.59. The van der Waals surface area contributed by atoms with Gasteiger partial charge in [-0.15, -0.1) is 0 Å². The monoisotopic (exact) mass is 541 g/mol. The van der Waals surface area contributed by atoms with Crippen LogP contribution in [0.4, 0.5) is 13.2 Å². The number of aromatic nitrogens is 2. The van der Waals surface area contributed by atoms with Gasteiger partial charge in [-0.1, -0.05) is 23.7 Å². The molecule has 2 amide bonds. The Balaban J connectivity index is 1.44. The number of nitriles is 1. The molecule has 7 nitrogen and oxygen atoms in total. The summed E-state index contributed by atoms with van der Waals surface area (Å²) < 4.78 is 41.4. The summed E-state index contributed by atoms with van der Waals surface area (Å²) in [5.41, 5.74) is 1.84. The Morgan fingerprint density at radius 3 is 2.68 bits per heavy atom. The van der Waals surface area contributed by atoms with Crippen LogP contribution in [-0.2, 0) is 25.7 Å². The van der Waals surface area contributed by atoms with E-state index in [0.29, 0.717) is 41.9 Å². The summed E-state index contributed by atoms with van der Waals surface area (Å²) in [5, 5.41) is 14.2. The van der Waals surface area contributed by atoms with Crippen molar-refractivity contribution >= 4 is 23.4 Å². The molecule has 196 valence electrons. The Kier molecular flexibility index (Phi) is 6.43. The molecular weight excluding hydrogens is 519 g/mol. The van der Waals surface area contributed by atoms with Gasteiger partial charge in [0.2, 0.25) is 0 Å². The van der Waals surface area contributed by atoms with Crippen LogP contribution in [-0.4, -0.2) is 44.0 Å². The van der Waals surface area contributed by atoms with Crippen molar-refractivity contribution in [2.75, 3.05) is 6.54 Å². The molecule has 3 aromatic rings. The number of alkyl halides is 3. The largest absolute Gasteiger partial charge is 0.416 e. The Hall–Kier alpha value is -3.84. The van der Waals surface area contributed by atoms with Gasteiger partial charge in [0, 0.05) is 30.1 Å². The Bertz CT molecular complexity index is 1490. The first-order valence-electron chi connectivity index (χ1n) is 12.1. The fourth-order valence-corrected chi connectivity index (χ4v) is 5.30. The van der Waals surface area contributed by atoms with Crippen LogP contribution in [0.25, 0.3) is 0 Å². The molecule has 2 aliphatic rings. The smallest absolute Gasteiger partial charge is 0.331 e. The van der Waals surface area contributed by atoms with Crippen LogP contribution in [0.1, 0.15) is 68.7 Å². The van der Waals surface area contributed by atoms with Crippen LogP contribution in [0.3, 0.4) is 0 Å². The minimum Gasteiger partial charge on any atom is -0.331 e. The van der Waals surface area contributed by atoms with Crippen LogP contribution >= 0.6 is 11.6 Å². The summed E-state index contributed by atoms with van der Waals surface area (Å²) >= 11 is 6.02. The Morgan fingerprint density at radius 2 is 1.97 bits per heavy atom. The molecule has 0 fully saturated rings. The van der Waals surface area contributed by atoms with Crippen molar-refractivity contribution < 1.29 is 22.8 Å². The lowest BCUT2D eigenvalue weighted by atomic mass is 9.96. The van der Waals surface area contributed by atoms with Gasteiger partial charge in [-0.05, 0) is 49.7 Å². The minimum absolute atomic E-state index is 0.146.